The van der Waals surface area contributed by atoms with Crippen LogP contribution in [0.2, 0.25) is 0 Å². The van der Waals surface area contributed by atoms with E-state index in [2.05, 4.69) is 17.1 Å². The number of ketones is 1. The number of carbonyl (C=O) groups is 1. The van der Waals surface area contributed by atoms with Crippen LogP contribution in [-0.2, 0) is 6.42 Å². The Bertz CT molecular complexity index is 1270. The second kappa shape index (κ2) is 10.1. The van der Waals surface area contributed by atoms with Gasteiger partial charge in [0.05, 0.1) is 12.8 Å². The Morgan fingerprint density at radius 2 is 1.76 bits per heavy atom. The zero-order valence-corrected chi connectivity index (χ0v) is 18.8. The van der Waals surface area contributed by atoms with Crippen molar-refractivity contribution in [3.8, 4) is 28.1 Å². The molecule has 0 fully saturated rings. The third-order valence-corrected chi connectivity index (χ3v) is 5.48. The maximum Gasteiger partial charge on any atom is 0.252 e. The van der Waals surface area contributed by atoms with Crippen molar-refractivity contribution < 1.29 is 14.1 Å². The van der Waals surface area contributed by atoms with Crippen molar-refractivity contribution in [1.29, 1.82) is 0 Å². The average molecular weight is 443 g/mol. The highest BCUT2D eigenvalue weighted by atomic mass is 16.5. The molecule has 6 heteroatoms. The molecule has 4 aromatic rings. The van der Waals surface area contributed by atoms with Crippen LogP contribution < -0.4 is 10.3 Å². The lowest BCUT2D eigenvalue weighted by Gasteiger charge is -2.12. The van der Waals surface area contributed by atoms with Crippen molar-refractivity contribution in [2.45, 2.75) is 33.1 Å². The first kappa shape index (κ1) is 22.3. The van der Waals surface area contributed by atoms with Gasteiger partial charge in [0, 0.05) is 23.7 Å². The van der Waals surface area contributed by atoms with Crippen LogP contribution in [-0.4, -0.2) is 22.5 Å². The molecule has 0 aliphatic rings. The fourth-order valence-corrected chi connectivity index (χ4v) is 3.58. The number of hydrogen-bond acceptors (Lipinski definition) is 5. The summed E-state index contributed by atoms with van der Waals surface area (Å²) in [5.41, 5.74) is 4.31. The normalized spacial score (nSPS) is 10.8. The standard InChI is InChI=1S/C27H26N2O4/c1-3-4-15-32-21-11-9-20(10-12-21)24-16-22(19-7-5-18(2)6-8-19)23(27(31)29-24)17-25(30)26-13-14-28-33-26/h5-14,16H,3-4,15,17H2,1-2H3,(H,29,31). The molecule has 0 unspecified atom stereocenters. The number of rotatable bonds is 9. The van der Waals surface area contributed by atoms with Gasteiger partial charge < -0.3 is 14.2 Å². The second-order valence-electron chi connectivity index (χ2n) is 7.97. The largest absolute Gasteiger partial charge is 0.494 e. The van der Waals surface area contributed by atoms with E-state index in [0.29, 0.717) is 23.4 Å². The molecule has 0 saturated heterocycles. The zero-order valence-electron chi connectivity index (χ0n) is 18.8. The van der Waals surface area contributed by atoms with Gasteiger partial charge in [-0.05, 0) is 60.4 Å². The number of H-pyrrole nitrogens is 1. The first-order chi connectivity index (χ1) is 16.0. The van der Waals surface area contributed by atoms with Crippen LogP contribution in [0.3, 0.4) is 0 Å². The predicted octanol–water partition coefficient (Wildman–Crippen LogP) is 5.61. The van der Waals surface area contributed by atoms with Gasteiger partial charge in [0.25, 0.3) is 5.56 Å². The Morgan fingerprint density at radius 3 is 2.42 bits per heavy atom. The Balaban J connectivity index is 1.72. The van der Waals surface area contributed by atoms with Gasteiger partial charge in [-0.3, -0.25) is 9.59 Å². The van der Waals surface area contributed by atoms with E-state index in [1.165, 1.54) is 12.3 Å². The minimum Gasteiger partial charge on any atom is -0.494 e. The summed E-state index contributed by atoms with van der Waals surface area (Å²) in [5.74, 6) is 0.627. The SMILES string of the molecule is CCCCOc1ccc(-c2cc(-c3ccc(C)cc3)c(CC(=O)c3ccno3)c(=O)[nH]2)cc1. The van der Waals surface area contributed by atoms with Crippen LogP contribution >= 0.6 is 0 Å². The summed E-state index contributed by atoms with van der Waals surface area (Å²) in [6.07, 6.45) is 3.41. The number of nitrogens with zero attached hydrogens (tertiary/aromatic N) is 1. The molecular formula is C27H26N2O4. The van der Waals surface area contributed by atoms with Gasteiger partial charge in [-0.2, -0.15) is 0 Å². The lowest BCUT2D eigenvalue weighted by atomic mass is 9.95. The minimum absolute atomic E-state index is 0.0851. The molecule has 0 atom stereocenters. The van der Waals surface area contributed by atoms with Crippen LogP contribution in [0.1, 0.15) is 41.4 Å². The van der Waals surface area contributed by atoms with E-state index in [0.717, 1.165) is 35.3 Å². The van der Waals surface area contributed by atoms with Gasteiger partial charge in [0.1, 0.15) is 5.75 Å². The van der Waals surface area contributed by atoms with Gasteiger partial charge in [-0.1, -0.05) is 48.3 Å². The van der Waals surface area contributed by atoms with Crippen LogP contribution in [0.4, 0.5) is 0 Å². The topological polar surface area (TPSA) is 85.2 Å². The summed E-state index contributed by atoms with van der Waals surface area (Å²) in [6.45, 7) is 4.81. The molecule has 6 nitrogen and oxygen atoms in total. The number of aromatic nitrogens is 2. The molecule has 2 aromatic carbocycles. The van der Waals surface area contributed by atoms with E-state index in [1.807, 2.05) is 61.5 Å². The van der Waals surface area contributed by atoms with Crippen molar-refractivity contribution in [2.24, 2.45) is 0 Å². The number of unbranched alkanes of at least 4 members (excludes halogenated alkanes) is 1. The summed E-state index contributed by atoms with van der Waals surface area (Å²) >= 11 is 0. The molecule has 0 aliphatic carbocycles. The molecule has 2 aromatic heterocycles. The summed E-state index contributed by atoms with van der Waals surface area (Å²) < 4.78 is 10.7. The lowest BCUT2D eigenvalue weighted by Crippen LogP contribution is -2.18. The summed E-state index contributed by atoms with van der Waals surface area (Å²) in [4.78, 5) is 28.7. The number of aromatic amines is 1. The number of nitrogens with one attached hydrogen (secondary N) is 1. The third-order valence-electron chi connectivity index (χ3n) is 5.48. The fraction of sp³-hybridized carbons (Fsp3) is 0.222. The Hall–Kier alpha value is -3.93. The summed E-state index contributed by atoms with van der Waals surface area (Å²) in [5, 5.41) is 3.59. The number of Topliss-reactive ketones (excluding diaryl/α,β-unsaturated/α-hetero) is 1. The van der Waals surface area contributed by atoms with Gasteiger partial charge in [0.2, 0.25) is 11.5 Å². The monoisotopic (exact) mass is 442 g/mol. The van der Waals surface area contributed by atoms with E-state index in [-0.39, 0.29) is 23.5 Å². The van der Waals surface area contributed by atoms with E-state index >= 15 is 0 Å². The average Bonchev–Trinajstić information content (AvgIpc) is 3.37. The lowest BCUT2D eigenvalue weighted by molar-refractivity contribution is 0.0957. The van der Waals surface area contributed by atoms with Gasteiger partial charge in [-0.15, -0.1) is 0 Å². The van der Waals surface area contributed by atoms with Crippen molar-refractivity contribution in [1.82, 2.24) is 10.1 Å². The first-order valence-corrected chi connectivity index (χ1v) is 11.1. The molecule has 2 heterocycles. The molecule has 4 rings (SSSR count). The molecule has 33 heavy (non-hydrogen) atoms. The number of ether oxygens (including phenoxy) is 1. The second-order valence-corrected chi connectivity index (χ2v) is 7.97. The maximum absolute atomic E-state index is 13.1. The highest BCUT2D eigenvalue weighted by Gasteiger charge is 2.19. The van der Waals surface area contributed by atoms with Crippen LogP contribution in [0, 0.1) is 6.92 Å². The highest BCUT2D eigenvalue weighted by Crippen LogP contribution is 2.28. The Labute approximate surface area is 192 Å². The number of hydrogen-bond donors (Lipinski definition) is 1. The summed E-state index contributed by atoms with van der Waals surface area (Å²) in [6, 6.07) is 19.0. The highest BCUT2D eigenvalue weighted by molar-refractivity contribution is 5.96. The third kappa shape index (κ3) is 5.29. The van der Waals surface area contributed by atoms with Crippen molar-refractivity contribution >= 4 is 5.78 Å². The van der Waals surface area contributed by atoms with E-state index in [1.54, 1.807) is 0 Å². The van der Waals surface area contributed by atoms with E-state index in [9.17, 15) is 9.59 Å². The van der Waals surface area contributed by atoms with Crippen LogP contribution in [0.15, 0.2) is 76.2 Å². The van der Waals surface area contributed by atoms with Crippen LogP contribution in [0.5, 0.6) is 5.75 Å². The molecule has 0 radical (unpaired) electrons. The summed E-state index contributed by atoms with van der Waals surface area (Å²) in [7, 11) is 0. The van der Waals surface area contributed by atoms with Gasteiger partial charge in [0.15, 0.2) is 0 Å². The number of aryl methyl sites for hydroxylation is 1. The molecule has 168 valence electrons. The Kier molecular flexibility index (Phi) is 6.83. The smallest absolute Gasteiger partial charge is 0.252 e. The maximum atomic E-state index is 13.1. The molecule has 0 spiro atoms. The fourth-order valence-electron chi connectivity index (χ4n) is 3.58. The molecule has 1 N–H and O–H groups in total. The van der Waals surface area contributed by atoms with Gasteiger partial charge in [-0.25, -0.2) is 0 Å². The van der Waals surface area contributed by atoms with Crippen LogP contribution in [0.25, 0.3) is 22.4 Å². The molecule has 0 aliphatic heterocycles. The molecule has 0 bridgehead atoms. The first-order valence-electron chi connectivity index (χ1n) is 11.1. The van der Waals surface area contributed by atoms with E-state index < -0.39 is 0 Å². The molecule has 0 saturated carbocycles. The molecular weight excluding hydrogens is 416 g/mol. The molecule has 0 amide bonds. The number of benzene rings is 2. The minimum atomic E-state index is -0.306. The quantitative estimate of drug-likeness (QED) is 0.269. The van der Waals surface area contributed by atoms with Crippen molar-refractivity contribution in [2.75, 3.05) is 6.61 Å². The predicted molar refractivity (Wildman–Crippen MR) is 128 cm³/mol. The number of pyridine rings is 1. The van der Waals surface area contributed by atoms with Gasteiger partial charge >= 0.3 is 0 Å². The number of carbonyl (C=O) groups excluding carboxylic acids is 1. The van der Waals surface area contributed by atoms with Crippen molar-refractivity contribution in [3.05, 3.63) is 94.1 Å². The van der Waals surface area contributed by atoms with Crippen molar-refractivity contribution in [3.63, 3.8) is 0 Å². The zero-order chi connectivity index (χ0) is 23.2. The Morgan fingerprint density at radius 1 is 1.03 bits per heavy atom. The van der Waals surface area contributed by atoms with E-state index in [4.69, 9.17) is 9.26 Å².